The molecule has 5 nitrogen and oxygen atoms in total. The monoisotopic (exact) mass is 328 g/mol. The summed E-state index contributed by atoms with van der Waals surface area (Å²) in [4.78, 5) is 22.2. The Labute approximate surface area is 121 Å². The largest absolute Gasteiger partial charge is 0.332 e. The molecule has 1 aromatic carbocycles. The van der Waals surface area contributed by atoms with Crippen LogP contribution in [0.1, 0.15) is 10.4 Å². The van der Waals surface area contributed by atoms with Crippen LogP contribution in [-0.2, 0) is 0 Å². The number of nitrogens with zero attached hydrogens (tertiary/aromatic N) is 2. The third-order valence-corrected chi connectivity index (χ3v) is 2.63. The highest BCUT2D eigenvalue weighted by Crippen LogP contribution is 2.24. The lowest BCUT2D eigenvalue weighted by atomic mass is 10.1. The highest BCUT2D eigenvalue weighted by molar-refractivity contribution is 6.18. The second-order valence-corrected chi connectivity index (χ2v) is 4.25. The first-order valence-electron chi connectivity index (χ1n) is 5.54. The minimum Gasteiger partial charge on any atom is -0.332 e. The van der Waals surface area contributed by atoms with Gasteiger partial charge in [-0.2, -0.15) is 0 Å². The van der Waals surface area contributed by atoms with Crippen LogP contribution in [0.3, 0.4) is 0 Å². The second-order valence-electron chi connectivity index (χ2n) is 3.87. The topological polar surface area (TPSA) is 63.4 Å². The van der Waals surface area contributed by atoms with Gasteiger partial charge in [0, 0.05) is 12.4 Å². The third kappa shape index (κ3) is 4.28. The fourth-order valence-electron chi connectivity index (χ4n) is 1.57. The molecule has 0 aromatic heterocycles. The van der Waals surface area contributed by atoms with Gasteiger partial charge in [-0.3, -0.25) is 14.9 Å². The number of benzene rings is 1. The molecule has 0 saturated heterocycles. The number of carbonyl (C=O) groups excluding carboxylic acids is 1. The Morgan fingerprint density at radius 2 is 1.90 bits per heavy atom. The number of nitro groups is 1. The number of rotatable bonds is 6. The van der Waals surface area contributed by atoms with Gasteiger partial charge in [-0.05, 0) is 6.07 Å². The maximum absolute atomic E-state index is 13.2. The van der Waals surface area contributed by atoms with Crippen LogP contribution in [0, 0.1) is 21.7 Å². The lowest BCUT2D eigenvalue weighted by Gasteiger charge is -2.21. The van der Waals surface area contributed by atoms with E-state index in [0.29, 0.717) is 11.0 Å². The average molecular weight is 329 g/mol. The Hall–Kier alpha value is -1.90. The molecule has 0 atom stereocenters. The highest BCUT2D eigenvalue weighted by Gasteiger charge is 2.28. The van der Waals surface area contributed by atoms with E-state index >= 15 is 0 Å². The first kappa shape index (κ1) is 17.2. The van der Waals surface area contributed by atoms with E-state index in [0.717, 1.165) is 0 Å². The molecular weight excluding hydrogens is 320 g/mol. The SMILES string of the molecule is O=C(c1cc(F)c(F)cc1[N+](=O)[O-])N(CCCl)CC(F)F. The molecule has 116 valence electrons. The van der Waals surface area contributed by atoms with Gasteiger partial charge in [0.2, 0.25) is 0 Å². The number of carbonyl (C=O) groups is 1. The molecule has 0 unspecified atom stereocenters. The van der Waals surface area contributed by atoms with Gasteiger partial charge >= 0.3 is 0 Å². The number of hydrogen-bond acceptors (Lipinski definition) is 3. The van der Waals surface area contributed by atoms with Gasteiger partial charge in [0.25, 0.3) is 18.0 Å². The summed E-state index contributed by atoms with van der Waals surface area (Å²) in [6, 6.07) is 0.534. The summed E-state index contributed by atoms with van der Waals surface area (Å²) in [6.45, 7) is -1.34. The Bertz CT molecular complexity index is 557. The van der Waals surface area contributed by atoms with Crippen molar-refractivity contribution in [1.29, 1.82) is 0 Å². The zero-order chi connectivity index (χ0) is 16.2. The van der Waals surface area contributed by atoms with Crippen LogP contribution in [0.5, 0.6) is 0 Å². The van der Waals surface area contributed by atoms with E-state index in [1.165, 1.54) is 0 Å². The van der Waals surface area contributed by atoms with Crippen molar-refractivity contribution in [3.63, 3.8) is 0 Å². The first-order valence-corrected chi connectivity index (χ1v) is 6.08. The van der Waals surface area contributed by atoms with Gasteiger partial charge in [-0.1, -0.05) is 0 Å². The summed E-state index contributed by atoms with van der Waals surface area (Å²) in [5.41, 5.74) is -1.82. The van der Waals surface area contributed by atoms with E-state index in [4.69, 9.17) is 11.6 Å². The van der Waals surface area contributed by atoms with Crippen molar-refractivity contribution in [3.05, 3.63) is 39.4 Å². The standard InChI is InChI=1S/C11H9ClF4N2O3/c12-1-2-17(5-10(15)16)11(19)6-3-7(13)8(14)4-9(6)18(20)21/h3-4,10H,1-2,5H2. The second kappa shape index (κ2) is 7.21. The Morgan fingerprint density at radius 3 is 2.38 bits per heavy atom. The Kier molecular flexibility index (Phi) is 5.89. The molecule has 0 aliphatic carbocycles. The van der Waals surface area contributed by atoms with Crippen LogP contribution in [0.4, 0.5) is 23.2 Å². The van der Waals surface area contributed by atoms with Crippen molar-refractivity contribution in [2.24, 2.45) is 0 Å². The molecule has 0 fully saturated rings. The zero-order valence-corrected chi connectivity index (χ0v) is 11.1. The average Bonchev–Trinajstić information content (AvgIpc) is 2.39. The summed E-state index contributed by atoms with van der Waals surface area (Å²) in [7, 11) is 0. The van der Waals surface area contributed by atoms with E-state index in [-0.39, 0.29) is 18.5 Å². The van der Waals surface area contributed by atoms with E-state index in [9.17, 15) is 32.5 Å². The molecule has 0 radical (unpaired) electrons. The number of nitro benzene ring substituents is 1. The molecular formula is C11H9ClF4N2O3. The lowest BCUT2D eigenvalue weighted by Crippen LogP contribution is -2.37. The smallest absolute Gasteiger partial charge is 0.285 e. The zero-order valence-electron chi connectivity index (χ0n) is 10.4. The summed E-state index contributed by atoms with van der Waals surface area (Å²) >= 11 is 5.36. The summed E-state index contributed by atoms with van der Waals surface area (Å²) in [5.74, 6) is -4.43. The van der Waals surface area contributed by atoms with Crippen molar-refractivity contribution in [2.45, 2.75) is 6.43 Å². The number of amides is 1. The molecule has 0 aliphatic rings. The lowest BCUT2D eigenvalue weighted by molar-refractivity contribution is -0.385. The van der Waals surface area contributed by atoms with E-state index < -0.39 is 46.7 Å². The van der Waals surface area contributed by atoms with Crippen LogP contribution in [0.2, 0.25) is 0 Å². The molecule has 0 N–H and O–H groups in total. The van der Waals surface area contributed by atoms with Gasteiger partial charge in [-0.15, -0.1) is 11.6 Å². The predicted octanol–water partition coefficient (Wildman–Crippen LogP) is 2.82. The molecule has 1 amide bonds. The number of hydrogen-bond donors (Lipinski definition) is 0. The first-order chi connectivity index (χ1) is 9.77. The van der Waals surface area contributed by atoms with Gasteiger partial charge < -0.3 is 4.90 Å². The van der Waals surface area contributed by atoms with Crippen molar-refractivity contribution < 1.29 is 27.3 Å². The van der Waals surface area contributed by atoms with Crippen molar-refractivity contribution in [1.82, 2.24) is 4.90 Å². The summed E-state index contributed by atoms with van der Waals surface area (Å²) in [5, 5.41) is 10.8. The summed E-state index contributed by atoms with van der Waals surface area (Å²) < 4.78 is 50.9. The molecule has 0 heterocycles. The van der Waals surface area contributed by atoms with Crippen LogP contribution < -0.4 is 0 Å². The van der Waals surface area contributed by atoms with Gasteiger partial charge in [0.15, 0.2) is 11.6 Å². The summed E-state index contributed by atoms with van der Waals surface area (Å²) in [6.07, 6.45) is -2.90. The van der Waals surface area contributed by atoms with E-state index in [1.54, 1.807) is 0 Å². The maximum Gasteiger partial charge on any atom is 0.285 e. The maximum atomic E-state index is 13.2. The Morgan fingerprint density at radius 1 is 1.33 bits per heavy atom. The Balaban J connectivity index is 3.25. The van der Waals surface area contributed by atoms with Gasteiger partial charge in [0.1, 0.15) is 5.56 Å². The van der Waals surface area contributed by atoms with E-state index in [1.807, 2.05) is 0 Å². The van der Waals surface area contributed by atoms with Gasteiger partial charge in [0.05, 0.1) is 17.5 Å². The predicted molar refractivity (Wildman–Crippen MR) is 65.6 cm³/mol. The molecule has 1 aromatic rings. The van der Waals surface area contributed by atoms with Crippen LogP contribution in [-0.4, -0.2) is 41.1 Å². The van der Waals surface area contributed by atoms with Crippen molar-refractivity contribution >= 4 is 23.2 Å². The molecule has 10 heteroatoms. The molecule has 21 heavy (non-hydrogen) atoms. The molecule has 0 spiro atoms. The van der Waals surface area contributed by atoms with Crippen molar-refractivity contribution in [3.8, 4) is 0 Å². The van der Waals surface area contributed by atoms with Crippen LogP contribution in [0.15, 0.2) is 12.1 Å². The fraction of sp³-hybridized carbons (Fsp3) is 0.364. The third-order valence-electron chi connectivity index (χ3n) is 2.47. The number of alkyl halides is 3. The quantitative estimate of drug-likeness (QED) is 0.349. The normalized spacial score (nSPS) is 10.8. The minimum atomic E-state index is -2.90. The minimum absolute atomic E-state index is 0.198. The molecule has 0 bridgehead atoms. The number of halogens is 5. The van der Waals surface area contributed by atoms with E-state index in [2.05, 4.69) is 0 Å². The van der Waals surface area contributed by atoms with Crippen molar-refractivity contribution in [2.75, 3.05) is 19.0 Å². The molecule has 0 saturated carbocycles. The van der Waals surface area contributed by atoms with Crippen LogP contribution >= 0.6 is 11.6 Å². The molecule has 1 rings (SSSR count). The fourth-order valence-corrected chi connectivity index (χ4v) is 1.78. The highest BCUT2D eigenvalue weighted by atomic mass is 35.5. The molecule has 0 aliphatic heterocycles. The van der Waals surface area contributed by atoms with Gasteiger partial charge in [-0.25, -0.2) is 17.6 Å². The van der Waals surface area contributed by atoms with Crippen LogP contribution in [0.25, 0.3) is 0 Å².